The van der Waals surface area contributed by atoms with E-state index in [0.717, 1.165) is 16.7 Å². The van der Waals surface area contributed by atoms with Crippen LogP contribution in [0.25, 0.3) is 5.69 Å². The molecular formula is C26H25FN8O3. The molecule has 2 aromatic heterocycles. The van der Waals surface area contributed by atoms with Crippen LogP contribution in [0.3, 0.4) is 0 Å². The number of aryl methyl sites for hydroxylation is 1. The average molecular weight is 517 g/mol. The van der Waals surface area contributed by atoms with Gasteiger partial charge in [-0.25, -0.2) is 24.3 Å². The number of rotatable bonds is 6. The van der Waals surface area contributed by atoms with Gasteiger partial charge in [0.25, 0.3) is 11.8 Å². The van der Waals surface area contributed by atoms with Crippen LogP contribution in [0, 0.1) is 18.2 Å². The summed E-state index contributed by atoms with van der Waals surface area (Å²) in [6.07, 6.45) is 1.83. The maximum atomic E-state index is 13.5. The molecule has 0 fully saturated rings. The molecule has 1 aliphatic rings. The van der Waals surface area contributed by atoms with Gasteiger partial charge in [-0.2, -0.15) is 4.68 Å². The number of hydrogen-bond donors (Lipinski definition) is 3. The van der Waals surface area contributed by atoms with Crippen molar-refractivity contribution in [1.82, 2.24) is 40.8 Å². The van der Waals surface area contributed by atoms with Crippen molar-refractivity contribution in [2.24, 2.45) is 5.41 Å². The molecule has 0 unspecified atom stereocenters. The summed E-state index contributed by atoms with van der Waals surface area (Å²) in [5, 5.41) is 15.4. The molecule has 11 nitrogen and oxygen atoms in total. The number of benzene rings is 2. The zero-order chi connectivity index (χ0) is 27.0. The molecule has 1 atom stereocenters. The summed E-state index contributed by atoms with van der Waals surface area (Å²) in [6, 6.07) is 11.1. The molecule has 2 heterocycles. The van der Waals surface area contributed by atoms with Crippen molar-refractivity contribution in [3.8, 4) is 5.69 Å². The van der Waals surface area contributed by atoms with E-state index in [4.69, 9.17) is 0 Å². The van der Waals surface area contributed by atoms with Crippen molar-refractivity contribution in [3.63, 3.8) is 0 Å². The summed E-state index contributed by atoms with van der Waals surface area (Å²) in [7, 11) is 0. The highest BCUT2D eigenvalue weighted by molar-refractivity contribution is 5.97. The predicted molar refractivity (Wildman–Crippen MR) is 134 cm³/mol. The third kappa shape index (κ3) is 4.80. The first-order valence-corrected chi connectivity index (χ1v) is 11.9. The zero-order valence-corrected chi connectivity index (χ0v) is 20.9. The van der Waals surface area contributed by atoms with Crippen LogP contribution in [-0.2, 0) is 13.0 Å². The van der Waals surface area contributed by atoms with Crippen LogP contribution in [0.15, 0.2) is 53.6 Å². The Kier molecular flexibility index (Phi) is 6.31. The Morgan fingerprint density at radius 1 is 1.11 bits per heavy atom. The first-order valence-electron chi connectivity index (χ1n) is 11.9. The molecule has 0 aliphatic heterocycles. The summed E-state index contributed by atoms with van der Waals surface area (Å²) >= 11 is 0. The number of aromatic nitrogens is 6. The second-order valence-corrected chi connectivity index (χ2v) is 9.93. The average Bonchev–Trinajstić information content (AvgIpc) is 3.43. The van der Waals surface area contributed by atoms with Gasteiger partial charge in [0.1, 0.15) is 23.5 Å². The third-order valence-electron chi connectivity index (χ3n) is 6.67. The number of hydrogen-bond acceptors (Lipinski definition) is 7. The summed E-state index contributed by atoms with van der Waals surface area (Å²) in [6.45, 7) is 5.91. The number of amides is 2. The van der Waals surface area contributed by atoms with Gasteiger partial charge in [0, 0.05) is 12.6 Å². The van der Waals surface area contributed by atoms with Crippen LogP contribution >= 0.6 is 0 Å². The van der Waals surface area contributed by atoms with E-state index in [-0.39, 0.29) is 35.2 Å². The maximum Gasteiger partial charge on any atom is 0.365 e. The summed E-state index contributed by atoms with van der Waals surface area (Å²) in [5.74, 6) is -1.24. The van der Waals surface area contributed by atoms with Crippen molar-refractivity contribution < 1.29 is 14.0 Å². The minimum atomic E-state index is -0.481. The Hall–Kier alpha value is -4.74. The summed E-state index contributed by atoms with van der Waals surface area (Å²) in [5.41, 5.74) is 3.02. The lowest BCUT2D eigenvalue weighted by Gasteiger charge is -2.28. The molecule has 0 spiro atoms. The second kappa shape index (κ2) is 9.61. The number of aromatic amines is 1. The van der Waals surface area contributed by atoms with Gasteiger partial charge >= 0.3 is 5.69 Å². The van der Waals surface area contributed by atoms with Gasteiger partial charge in [-0.05, 0) is 69.6 Å². The minimum Gasteiger partial charge on any atom is -0.347 e. The van der Waals surface area contributed by atoms with Gasteiger partial charge in [-0.15, -0.1) is 0 Å². The van der Waals surface area contributed by atoms with Gasteiger partial charge < -0.3 is 10.6 Å². The van der Waals surface area contributed by atoms with Crippen molar-refractivity contribution in [2.75, 3.05) is 0 Å². The van der Waals surface area contributed by atoms with Gasteiger partial charge in [-0.1, -0.05) is 32.0 Å². The molecule has 0 bridgehead atoms. The Morgan fingerprint density at radius 3 is 2.58 bits per heavy atom. The maximum absolute atomic E-state index is 13.5. The number of H-pyrrole nitrogens is 1. The van der Waals surface area contributed by atoms with Gasteiger partial charge in [0.15, 0.2) is 0 Å². The lowest BCUT2D eigenvalue weighted by atomic mass is 9.85. The van der Waals surface area contributed by atoms with Gasteiger partial charge in [-0.3, -0.25) is 9.59 Å². The number of halogens is 1. The monoisotopic (exact) mass is 516 g/mol. The fourth-order valence-corrected chi connectivity index (χ4v) is 4.71. The van der Waals surface area contributed by atoms with Crippen molar-refractivity contribution in [3.05, 3.63) is 98.7 Å². The van der Waals surface area contributed by atoms with Gasteiger partial charge in [0.05, 0.1) is 11.7 Å². The Bertz CT molecular complexity index is 1610. The molecule has 38 heavy (non-hydrogen) atoms. The molecule has 4 aromatic rings. The Labute approximate surface area is 216 Å². The molecule has 0 saturated carbocycles. The van der Waals surface area contributed by atoms with E-state index in [9.17, 15) is 18.8 Å². The van der Waals surface area contributed by atoms with Crippen LogP contribution in [-0.4, -0.2) is 42.0 Å². The minimum absolute atomic E-state index is 0.0396. The molecule has 194 valence electrons. The number of carbonyl (C=O) groups excluding carboxylic acids is 2. The molecule has 3 N–H and O–H groups in total. The van der Waals surface area contributed by atoms with E-state index >= 15 is 0 Å². The fourth-order valence-electron chi connectivity index (χ4n) is 4.71. The van der Waals surface area contributed by atoms with Crippen LogP contribution < -0.4 is 16.3 Å². The van der Waals surface area contributed by atoms with Crippen LogP contribution in [0.1, 0.15) is 63.1 Å². The molecule has 2 aromatic carbocycles. The van der Waals surface area contributed by atoms with Crippen LogP contribution in [0.5, 0.6) is 0 Å². The zero-order valence-electron chi connectivity index (χ0n) is 20.9. The Morgan fingerprint density at radius 2 is 1.87 bits per heavy atom. The van der Waals surface area contributed by atoms with Crippen LogP contribution in [0.4, 0.5) is 4.39 Å². The van der Waals surface area contributed by atoms with E-state index in [0.29, 0.717) is 17.7 Å². The standard InChI is InChI=1S/C26H25FN8O3/c1-14-8-15(4-7-19(14)27)12-28-23(36)20-10-21(30-13-29-20)24(37)31-22-18-6-5-17(35-25(38)32-33-34-35)9-16(18)11-26(22,2)3/h4-10,13,22H,11-12H2,1-3H3,(H,28,36)(H,31,37)(H,32,34,38)/t22-/m1/s1. The van der Waals surface area contributed by atoms with Crippen molar-refractivity contribution in [2.45, 2.75) is 39.8 Å². The topological polar surface area (TPSA) is 148 Å². The van der Waals surface area contributed by atoms with Crippen LogP contribution in [0.2, 0.25) is 0 Å². The highest BCUT2D eigenvalue weighted by atomic mass is 19.1. The molecular weight excluding hydrogens is 491 g/mol. The normalized spacial score (nSPS) is 15.6. The molecule has 12 heteroatoms. The van der Waals surface area contributed by atoms with E-state index in [2.05, 4.69) is 36.1 Å². The molecule has 1 aliphatic carbocycles. The highest BCUT2D eigenvalue weighted by Gasteiger charge is 2.40. The highest BCUT2D eigenvalue weighted by Crippen LogP contribution is 2.45. The lowest BCUT2D eigenvalue weighted by Crippen LogP contribution is -2.36. The number of tetrazole rings is 1. The Balaban J connectivity index is 1.31. The SMILES string of the molecule is Cc1cc(CNC(=O)c2cc(C(=O)N[C@@H]3c4ccc(-n5nn[nH]c5=O)cc4CC3(C)C)ncn2)ccc1F. The van der Waals surface area contributed by atoms with Gasteiger partial charge in [0.2, 0.25) is 0 Å². The number of nitrogens with zero attached hydrogens (tertiary/aromatic N) is 5. The molecule has 0 saturated heterocycles. The smallest absolute Gasteiger partial charge is 0.347 e. The van der Waals surface area contributed by atoms with E-state index < -0.39 is 17.5 Å². The summed E-state index contributed by atoms with van der Waals surface area (Å²) in [4.78, 5) is 45.8. The molecule has 2 amide bonds. The largest absolute Gasteiger partial charge is 0.365 e. The third-order valence-corrected chi connectivity index (χ3v) is 6.67. The second-order valence-electron chi connectivity index (χ2n) is 9.93. The van der Waals surface area contributed by atoms with E-state index in [1.54, 1.807) is 25.1 Å². The predicted octanol–water partition coefficient (Wildman–Crippen LogP) is 2.18. The quantitative estimate of drug-likeness (QED) is 0.356. The van der Waals surface area contributed by atoms with Crippen molar-refractivity contribution in [1.29, 1.82) is 0 Å². The first-order chi connectivity index (χ1) is 18.1. The first kappa shape index (κ1) is 24.9. The molecule has 5 rings (SSSR count). The number of carbonyl (C=O) groups is 2. The summed E-state index contributed by atoms with van der Waals surface area (Å²) < 4.78 is 14.7. The number of nitrogens with one attached hydrogen (secondary N) is 3. The van der Waals surface area contributed by atoms with Crippen molar-refractivity contribution >= 4 is 11.8 Å². The number of fused-ring (bicyclic) bond motifs is 1. The van der Waals surface area contributed by atoms with E-state index in [1.807, 2.05) is 26.0 Å². The van der Waals surface area contributed by atoms with E-state index in [1.165, 1.54) is 23.1 Å². The fraction of sp³-hybridized carbons (Fsp3) is 0.269. The molecule has 0 radical (unpaired) electrons. The lowest BCUT2D eigenvalue weighted by molar-refractivity contribution is 0.0898.